The van der Waals surface area contributed by atoms with Gasteiger partial charge in [0.25, 0.3) is 0 Å². The predicted octanol–water partition coefficient (Wildman–Crippen LogP) is 3.73. The molecule has 0 saturated carbocycles. The van der Waals surface area contributed by atoms with E-state index in [-0.39, 0.29) is 24.2 Å². The molecule has 0 aliphatic carbocycles. The van der Waals surface area contributed by atoms with Gasteiger partial charge >= 0.3 is 0 Å². The molecule has 2 aliphatic heterocycles. The Labute approximate surface area is 199 Å². The number of hydrogen-bond acceptors (Lipinski definition) is 7. The Hall–Kier alpha value is -2.57. The third kappa shape index (κ3) is 6.06. The molecule has 3 heterocycles. The fourth-order valence-electron chi connectivity index (χ4n) is 4.35. The van der Waals surface area contributed by atoms with Crippen molar-refractivity contribution in [2.45, 2.75) is 56.8 Å². The van der Waals surface area contributed by atoms with Gasteiger partial charge in [0, 0.05) is 31.9 Å². The predicted molar refractivity (Wildman–Crippen MR) is 129 cm³/mol. The summed E-state index contributed by atoms with van der Waals surface area (Å²) in [5.41, 5.74) is 0.808. The van der Waals surface area contributed by atoms with Gasteiger partial charge in [0.05, 0.1) is 30.9 Å². The number of rotatable bonds is 9. The highest BCUT2D eigenvalue weighted by atomic mass is 32.2. The highest BCUT2D eigenvalue weighted by Crippen LogP contribution is 2.28. The SMILES string of the molecule is CC1CCN(c2nnc(SCC(=O)N(CCC#N)c3ccccc3)n2CC2CCCO2)CC1. The van der Waals surface area contributed by atoms with Crippen LogP contribution in [0.4, 0.5) is 11.6 Å². The van der Waals surface area contributed by atoms with Gasteiger partial charge in [-0.2, -0.15) is 5.26 Å². The number of para-hydroxylation sites is 1. The number of carbonyl (C=O) groups excluding carboxylic acids is 1. The second-order valence-electron chi connectivity index (χ2n) is 8.78. The summed E-state index contributed by atoms with van der Waals surface area (Å²) < 4.78 is 8.04. The molecule has 4 rings (SSSR count). The molecule has 0 bridgehead atoms. The molecular formula is C24H32N6O2S. The first-order valence-electron chi connectivity index (χ1n) is 11.8. The topological polar surface area (TPSA) is 87.3 Å². The van der Waals surface area contributed by atoms with E-state index in [4.69, 9.17) is 10.00 Å². The van der Waals surface area contributed by atoms with E-state index >= 15 is 0 Å². The number of thioether (sulfide) groups is 1. The average Bonchev–Trinajstić information content (AvgIpc) is 3.50. The van der Waals surface area contributed by atoms with Crippen molar-refractivity contribution in [1.82, 2.24) is 14.8 Å². The average molecular weight is 469 g/mol. The van der Waals surface area contributed by atoms with Crippen LogP contribution in [0, 0.1) is 17.2 Å². The maximum Gasteiger partial charge on any atom is 0.237 e. The lowest BCUT2D eigenvalue weighted by Crippen LogP contribution is -2.35. The summed E-state index contributed by atoms with van der Waals surface area (Å²) in [6, 6.07) is 11.7. The number of ether oxygens (including phenoxy) is 1. The minimum Gasteiger partial charge on any atom is -0.376 e. The third-order valence-electron chi connectivity index (χ3n) is 6.31. The summed E-state index contributed by atoms with van der Waals surface area (Å²) in [6.07, 6.45) is 4.87. The van der Waals surface area contributed by atoms with Crippen LogP contribution in [0.5, 0.6) is 0 Å². The molecule has 0 N–H and O–H groups in total. The molecule has 2 saturated heterocycles. The van der Waals surface area contributed by atoms with Crippen molar-refractivity contribution in [2.75, 3.05) is 41.8 Å². The second-order valence-corrected chi connectivity index (χ2v) is 9.72. The molecule has 176 valence electrons. The molecule has 1 amide bonds. The number of anilines is 2. The van der Waals surface area contributed by atoms with Crippen molar-refractivity contribution in [3.05, 3.63) is 30.3 Å². The highest BCUT2D eigenvalue weighted by Gasteiger charge is 2.26. The summed E-state index contributed by atoms with van der Waals surface area (Å²) >= 11 is 1.41. The maximum atomic E-state index is 13.1. The molecular weight excluding hydrogens is 436 g/mol. The Bertz CT molecular complexity index is 946. The summed E-state index contributed by atoms with van der Waals surface area (Å²) in [4.78, 5) is 17.1. The number of benzene rings is 1. The van der Waals surface area contributed by atoms with Crippen LogP contribution in [-0.4, -0.2) is 58.8 Å². The summed E-state index contributed by atoms with van der Waals surface area (Å²) in [7, 11) is 0. The van der Waals surface area contributed by atoms with Crippen molar-refractivity contribution >= 4 is 29.3 Å². The van der Waals surface area contributed by atoms with Gasteiger partial charge in [-0.1, -0.05) is 36.9 Å². The lowest BCUT2D eigenvalue weighted by molar-refractivity contribution is -0.116. The van der Waals surface area contributed by atoms with Crippen LogP contribution >= 0.6 is 11.8 Å². The summed E-state index contributed by atoms with van der Waals surface area (Å²) in [6.45, 7) is 6.14. The van der Waals surface area contributed by atoms with Crippen LogP contribution < -0.4 is 9.80 Å². The minimum absolute atomic E-state index is 0.0403. The molecule has 2 aliphatic rings. The van der Waals surface area contributed by atoms with Gasteiger partial charge < -0.3 is 14.5 Å². The number of piperidine rings is 1. The van der Waals surface area contributed by atoms with E-state index in [2.05, 4.69) is 32.7 Å². The molecule has 1 atom stereocenters. The van der Waals surface area contributed by atoms with E-state index in [0.29, 0.717) is 13.1 Å². The van der Waals surface area contributed by atoms with Gasteiger partial charge in [-0.05, 0) is 43.7 Å². The number of amides is 1. The normalized spacial score (nSPS) is 18.9. The lowest BCUT2D eigenvalue weighted by Gasteiger charge is -2.31. The lowest BCUT2D eigenvalue weighted by atomic mass is 10.00. The summed E-state index contributed by atoms with van der Waals surface area (Å²) in [5.74, 6) is 1.82. The van der Waals surface area contributed by atoms with E-state index in [0.717, 1.165) is 68.1 Å². The van der Waals surface area contributed by atoms with Crippen molar-refractivity contribution < 1.29 is 9.53 Å². The zero-order valence-electron chi connectivity index (χ0n) is 19.2. The van der Waals surface area contributed by atoms with Crippen LogP contribution in [0.2, 0.25) is 0 Å². The van der Waals surface area contributed by atoms with Crippen LogP contribution in [0.1, 0.15) is 39.0 Å². The van der Waals surface area contributed by atoms with E-state index in [9.17, 15) is 4.79 Å². The van der Waals surface area contributed by atoms with Crippen molar-refractivity contribution in [3.8, 4) is 6.07 Å². The highest BCUT2D eigenvalue weighted by molar-refractivity contribution is 7.99. The van der Waals surface area contributed by atoms with E-state index in [1.165, 1.54) is 11.8 Å². The molecule has 0 radical (unpaired) electrons. The Morgan fingerprint density at radius 1 is 1.24 bits per heavy atom. The fraction of sp³-hybridized carbons (Fsp3) is 0.583. The van der Waals surface area contributed by atoms with Gasteiger partial charge in [-0.25, -0.2) is 0 Å². The van der Waals surface area contributed by atoms with E-state index in [1.807, 2.05) is 30.3 Å². The number of nitriles is 1. The van der Waals surface area contributed by atoms with Crippen molar-refractivity contribution in [1.29, 1.82) is 5.26 Å². The third-order valence-corrected chi connectivity index (χ3v) is 7.27. The first-order valence-corrected chi connectivity index (χ1v) is 12.8. The summed E-state index contributed by atoms with van der Waals surface area (Å²) in [5, 5.41) is 18.8. The fourth-order valence-corrected chi connectivity index (χ4v) is 5.17. The number of nitrogens with zero attached hydrogens (tertiary/aromatic N) is 6. The monoisotopic (exact) mass is 468 g/mol. The van der Waals surface area contributed by atoms with Gasteiger partial charge in [-0.3, -0.25) is 9.36 Å². The molecule has 2 aromatic rings. The minimum atomic E-state index is -0.0403. The second kappa shape index (κ2) is 11.5. The number of aromatic nitrogens is 3. The first kappa shape index (κ1) is 23.6. The molecule has 2 fully saturated rings. The van der Waals surface area contributed by atoms with E-state index < -0.39 is 0 Å². The Balaban J connectivity index is 1.49. The van der Waals surface area contributed by atoms with Gasteiger partial charge in [0.1, 0.15) is 0 Å². The molecule has 1 aromatic heterocycles. The van der Waals surface area contributed by atoms with Gasteiger partial charge in [-0.15, -0.1) is 10.2 Å². The Morgan fingerprint density at radius 2 is 2.03 bits per heavy atom. The molecule has 33 heavy (non-hydrogen) atoms. The largest absolute Gasteiger partial charge is 0.376 e. The molecule has 1 unspecified atom stereocenters. The molecule has 9 heteroatoms. The molecule has 1 aromatic carbocycles. The van der Waals surface area contributed by atoms with Gasteiger partial charge in [0.15, 0.2) is 5.16 Å². The van der Waals surface area contributed by atoms with Crippen LogP contribution in [0.25, 0.3) is 0 Å². The van der Waals surface area contributed by atoms with Crippen LogP contribution in [0.3, 0.4) is 0 Å². The zero-order valence-corrected chi connectivity index (χ0v) is 20.0. The first-order chi connectivity index (χ1) is 16.2. The maximum absolute atomic E-state index is 13.1. The van der Waals surface area contributed by atoms with Crippen LogP contribution in [0.15, 0.2) is 35.5 Å². The van der Waals surface area contributed by atoms with Crippen molar-refractivity contribution in [3.63, 3.8) is 0 Å². The quantitative estimate of drug-likeness (QED) is 0.518. The Kier molecular flexibility index (Phi) is 8.24. The standard InChI is InChI=1S/C24H32N6O2S/c1-19-10-14-28(15-11-19)23-26-27-24(30(23)17-21-9-5-16-32-21)33-18-22(31)29(13-6-12-25)20-7-3-2-4-8-20/h2-4,7-8,19,21H,5-6,9-11,13-18H2,1H3. The van der Waals surface area contributed by atoms with Crippen molar-refractivity contribution in [2.24, 2.45) is 5.92 Å². The zero-order chi connectivity index (χ0) is 23.0. The number of carbonyl (C=O) groups is 1. The smallest absolute Gasteiger partial charge is 0.237 e. The van der Waals surface area contributed by atoms with Crippen LogP contribution in [-0.2, 0) is 16.1 Å². The van der Waals surface area contributed by atoms with Gasteiger partial charge in [0.2, 0.25) is 11.9 Å². The Morgan fingerprint density at radius 3 is 2.73 bits per heavy atom. The molecule has 8 nitrogen and oxygen atoms in total. The van der Waals surface area contributed by atoms with E-state index in [1.54, 1.807) is 4.90 Å². The molecule has 0 spiro atoms. The number of hydrogen-bond donors (Lipinski definition) is 0.